The largest absolute Gasteiger partial charge is 0.490 e. The maximum absolute atomic E-state index is 5.81. The van der Waals surface area contributed by atoms with Gasteiger partial charge >= 0.3 is 0 Å². The van der Waals surface area contributed by atoms with Gasteiger partial charge in [0.2, 0.25) is 0 Å². The summed E-state index contributed by atoms with van der Waals surface area (Å²) in [4.78, 5) is 0. The molecule has 0 bridgehead atoms. The molecule has 1 fully saturated rings. The third-order valence-electron chi connectivity index (χ3n) is 2.43. The highest BCUT2D eigenvalue weighted by Crippen LogP contribution is 2.31. The van der Waals surface area contributed by atoms with Crippen LogP contribution in [0.4, 0.5) is 0 Å². The van der Waals surface area contributed by atoms with Crippen molar-refractivity contribution in [3.8, 4) is 5.75 Å². The Labute approximate surface area is 84.0 Å². The molecule has 0 amide bonds. The molecular formula is C11H16N2O. The van der Waals surface area contributed by atoms with Crippen LogP contribution in [0.5, 0.6) is 5.75 Å². The number of nitrogens with two attached hydrogens (primary N) is 2. The molecule has 0 spiro atoms. The van der Waals surface area contributed by atoms with Gasteiger partial charge in [0.1, 0.15) is 5.75 Å². The zero-order chi connectivity index (χ0) is 9.97. The van der Waals surface area contributed by atoms with Gasteiger partial charge in [0.25, 0.3) is 0 Å². The SMILES string of the molecule is NCc1cccc(CN)c1OC1CC1. The maximum atomic E-state index is 5.81. The van der Waals surface area contributed by atoms with Crippen LogP contribution >= 0.6 is 0 Å². The lowest BCUT2D eigenvalue weighted by Crippen LogP contribution is -2.08. The summed E-state index contributed by atoms with van der Waals surface area (Å²) >= 11 is 0. The summed E-state index contributed by atoms with van der Waals surface area (Å²) in [5.41, 5.74) is 13.4. The molecule has 14 heavy (non-hydrogen) atoms. The van der Waals surface area contributed by atoms with Gasteiger partial charge in [0.05, 0.1) is 6.10 Å². The number of rotatable bonds is 4. The Bertz CT molecular complexity index is 299. The van der Waals surface area contributed by atoms with Crippen molar-refractivity contribution < 1.29 is 4.74 Å². The van der Waals surface area contributed by atoms with E-state index in [4.69, 9.17) is 16.2 Å². The number of hydrogen-bond acceptors (Lipinski definition) is 3. The summed E-state index contributed by atoms with van der Waals surface area (Å²) in [6, 6.07) is 5.97. The predicted octanol–water partition coefficient (Wildman–Crippen LogP) is 1.15. The van der Waals surface area contributed by atoms with Gasteiger partial charge in [-0.15, -0.1) is 0 Å². The second-order valence-electron chi connectivity index (χ2n) is 3.63. The molecule has 4 N–H and O–H groups in total. The van der Waals surface area contributed by atoms with Gasteiger partial charge in [-0.05, 0) is 12.8 Å². The van der Waals surface area contributed by atoms with Crippen molar-refractivity contribution in [1.29, 1.82) is 0 Å². The Morgan fingerprint density at radius 1 is 1.14 bits per heavy atom. The van der Waals surface area contributed by atoms with Gasteiger partial charge in [-0.1, -0.05) is 18.2 Å². The number of benzene rings is 1. The molecule has 0 aliphatic heterocycles. The van der Waals surface area contributed by atoms with Gasteiger partial charge in [0.15, 0.2) is 0 Å². The zero-order valence-electron chi connectivity index (χ0n) is 8.20. The van der Waals surface area contributed by atoms with Crippen LogP contribution < -0.4 is 16.2 Å². The first-order valence-electron chi connectivity index (χ1n) is 5.02. The highest BCUT2D eigenvalue weighted by molar-refractivity contribution is 5.41. The highest BCUT2D eigenvalue weighted by atomic mass is 16.5. The van der Waals surface area contributed by atoms with E-state index < -0.39 is 0 Å². The molecule has 0 aromatic heterocycles. The Morgan fingerprint density at radius 3 is 2.14 bits per heavy atom. The molecule has 2 rings (SSSR count). The molecule has 1 aliphatic rings. The molecule has 0 heterocycles. The summed E-state index contributed by atoms with van der Waals surface area (Å²) in [6.45, 7) is 1.02. The zero-order valence-corrected chi connectivity index (χ0v) is 8.20. The highest BCUT2D eigenvalue weighted by Gasteiger charge is 2.25. The number of ether oxygens (including phenoxy) is 1. The van der Waals surface area contributed by atoms with Crippen molar-refractivity contribution in [3.63, 3.8) is 0 Å². The van der Waals surface area contributed by atoms with Crippen LogP contribution in [0.1, 0.15) is 24.0 Å². The second-order valence-corrected chi connectivity index (χ2v) is 3.63. The summed E-state index contributed by atoms with van der Waals surface area (Å²) in [5.74, 6) is 0.917. The Morgan fingerprint density at radius 2 is 1.71 bits per heavy atom. The minimum atomic E-state index is 0.396. The van der Waals surface area contributed by atoms with Gasteiger partial charge < -0.3 is 16.2 Å². The first-order valence-corrected chi connectivity index (χ1v) is 5.02. The van der Waals surface area contributed by atoms with Gasteiger partial charge in [-0.3, -0.25) is 0 Å². The average Bonchev–Trinajstić information content (AvgIpc) is 3.02. The van der Waals surface area contributed by atoms with E-state index in [1.165, 1.54) is 0 Å². The predicted molar refractivity (Wildman–Crippen MR) is 55.9 cm³/mol. The molecule has 0 unspecified atom stereocenters. The number of para-hydroxylation sites is 1. The molecule has 76 valence electrons. The molecule has 3 nitrogen and oxygen atoms in total. The topological polar surface area (TPSA) is 61.3 Å². The van der Waals surface area contributed by atoms with Crippen molar-refractivity contribution in [2.45, 2.75) is 32.0 Å². The Kier molecular flexibility index (Phi) is 2.70. The van der Waals surface area contributed by atoms with Crippen LogP contribution in [0, 0.1) is 0 Å². The van der Waals surface area contributed by atoms with Crippen LogP contribution in [0.2, 0.25) is 0 Å². The maximum Gasteiger partial charge on any atom is 0.128 e. The monoisotopic (exact) mass is 192 g/mol. The first kappa shape index (κ1) is 9.49. The third kappa shape index (κ3) is 1.89. The van der Waals surface area contributed by atoms with E-state index in [1.807, 2.05) is 18.2 Å². The van der Waals surface area contributed by atoms with Crippen molar-refractivity contribution >= 4 is 0 Å². The van der Waals surface area contributed by atoms with Gasteiger partial charge in [-0.25, -0.2) is 0 Å². The van der Waals surface area contributed by atoms with Gasteiger partial charge in [-0.2, -0.15) is 0 Å². The molecule has 1 saturated carbocycles. The smallest absolute Gasteiger partial charge is 0.128 e. The quantitative estimate of drug-likeness (QED) is 0.752. The molecule has 3 heteroatoms. The van der Waals surface area contributed by atoms with E-state index in [1.54, 1.807) is 0 Å². The van der Waals surface area contributed by atoms with Crippen molar-refractivity contribution in [2.75, 3.05) is 0 Å². The van der Waals surface area contributed by atoms with Crippen LogP contribution in [-0.2, 0) is 13.1 Å². The minimum Gasteiger partial charge on any atom is -0.490 e. The molecule has 1 aromatic carbocycles. The van der Waals surface area contributed by atoms with E-state index in [2.05, 4.69) is 0 Å². The molecular weight excluding hydrogens is 176 g/mol. The van der Waals surface area contributed by atoms with Crippen LogP contribution in [0.15, 0.2) is 18.2 Å². The summed E-state index contributed by atoms with van der Waals surface area (Å²) < 4.78 is 5.81. The lowest BCUT2D eigenvalue weighted by atomic mass is 10.1. The lowest BCUT2D eigenvalue weighted by Gasteiger charge is -2.13. The average molecular weight is 192 g/mol. The molecule has 0 atom stereocenters. The Hall–Kier alpha value is -1.06. The fourth-order valence-electron chi connectivity index (χ4n) is 1.46. The van der Waals surface area contributed by atoms with E-state index in [0.717, 1.165) is 29.7 Å². The van der Waals surface area contributed by atoms with E-state index in [0.29, 0.717) is 19.2 Å². The van der Waals surface area contributed by atoms with E-state index >= 15 is 0 Å². The normalized spacial score (nSPS) is 15.6. The summed E-state index contributed by atoms with van der Waals surface area (Å²) in [7, 11) is 0. The van der Waals surface area contributed by atoms with Crippen molar-refractivity contribution in [2.24, 2.45) is 11.5 Å². The van der Waals surface area contributed by atoms with Crippen molar-refractivity contribution in [1.82, 2.24) is 0 Å². The molecule has 1 aliphatic carbocycles. The van der Waals surface area contributed by atoms with Crippen molar-refractivity contribution in [3.05, 3.63) is 29.3 Å². The summed E-state index contributed by atoms with van der Waals surface area (Å²) in [5, 5.41) is 0. The van der Waals surface area contributed by atoms with Crippen LogP contribution in [0.3, 0.4) is 0 Å². The second kappa shape index (κ2) is 3.98. The summed E-state index contributed by atoms with van der Waals surface area (Å²) in [6.07, 6.45) is 2.71. The molecule has 0 radical (unpaired) electrons. The van der Waals surface area contributed by atoms with Crippen LogP contribution in [-0.4, -0.2) is 6.10 Å². The van der Waals surface area contributed by atoms with E-state index in [-0.39, 0.29) is 0 Å². The standard InChI is InChI=1S/C11H16N2O/c12-6-8-2-1-3-9(7-13)11(8)14-10-4-5-10/h1-3,10H,4-7,12-13H2. The minimum absolute atomic E-state index is 0.396. The number of hydrogen-bond donors (Lipinski definition) is 2. The van der Waals surface area contributed by atoms with E-state index in [9.17, 15) is 0 Å². The molecule has 1 aromatic rings. The fourth-order valence-corrected chi connectivity index (χ4v) is 1.46. The Balaban J connectivity index is 2.29. The first-order chi connectivity index (χ1) is 6.85. The molecule has 0 saturated heterocycles. The lowest BCUT2D eigenvalue weighted by molar-refractivity contribution is 0.297. The van der Waals surface area contributed by atoms with Gasteiger partial charge in [0, 0.05) is 24.2 Å². The van der Waals surface area contributed by atoms with Crippen LogP contribution in [0.25, 0.3) is 0 Å². The fraction of sp³-hybridized carbons (Fsp3) is 0.455. The third-order valence-corrected chi connectivity index (χ3v) is 2.43.